The van der Waals surface area contributed by atoms with Gasteiger partial charge in [0.15, 0.2) is 10.5 Å². The monoisotopic (exact) mass is 391 g/mol. The summed E-state index contributed by atoms with van der Waals surface area (Å²) in [5, 5.41) is 3.68. The molecule has 0 radical (unpaired) electrons. The minimum Gasteiger partial charge on any atom is -0.495 e. The van der Waals surface area contributed by atoms with Gasteiger partial charge in [0, 0.05) is 6.07 Å². The van der Waals surface area contributed by atoms with Gasteiger partial charge in [0.25, 0.3) is 0 Å². The highest BCUT2D eigenvalue weighted by atomic mass is 32.1. The van der Waals surface area contributed by atoms with E-state index in [2.05, 4.69) is 10.1 Å². The number of carbonyl (C=O) groups excluding carboxylic acids is 2. The molecule has 2 aromatic heterocycles. The standard InChI is InChI=1S/C17H17N3O6S/c1-9-7-10(19-26-9)16(22)18-17-20(8-13(21)25-4)14-11(23-2)5-6-12(24-3)15(14)27-17/h5-7H,8H2,1-4H3. The van der Waals surface area contributed by atoms with Gasteiger partial charge in [-0.1, -0.05) is 16.5 Å². The minimum absolute atomic E-state index is 0.0773. The number of methoxy groups -OCH3 is 3. The summed E-state index contributed by atoms with van der Waals surface area (Å²) < 4.78 is 22.7. The number of nitrogens with zero attached hydrogens (tertiary/aromatic N) is 3. The van der Waals surface area contributed by atoms with Gasteiger partial charge in [-0.15, -0.1) is 0 Å². The van der Waals surface area contributed by atoms with Crippen LogP contribution in [0.4, 0.5) is 0 Å². The molecule has 1 aromatic carbocycles. The Bertz CT molecular complexity index is 1080. The van der Waals surface area contributed by atoms with Gasteiger partial charge in [0.05, 0.1) is 21.3 Å². The number of fused-ring (bicyclic) bond motifs is 1. The van der Waals surface area contributed by atoms with Crippen LogP contribution in [0.25, 0.3) is 10.2 Å². The molecule has 0 N–H and O–H groups in total. The van der Waals surface area contributed by atoms with E-state index in [1.807, 2.05) is 0 Å². The first kappa shape index (κ1) is 18.6. The van der Waals surface area contributed by atoms with E-state index in [4.69, 9.17) is 18.7 Å². The number of aryl methyl sites for hydroxylation is 1. The molecule has 9 nitrogen and oxygen atoms in total. The van der Waals surface area contributed by atoms with Crippen molar-refractivity contribution in [1.82, 2.24) is 9.72 Å². The molecule has 0 atom stereocenters. The third-order valence-corrected chi connectivity index (χ3v) is 4.84. The van der Waals surface area contributed by atoms with Crippen LogP contribution in [0.5, 0.6) is 11.5 Å². The van der Waals surface area contributed by atoms with Crippen molar-refractivity contribution in [2.45, 2.75) is 13.5 Å². The van der Waals surface area contributed by atoms with Gasteiger partial charge in [-0.25, -0.2) is 0 Å². The molecule has 0 saturated heterocycles. The highest BCUT2D eigenvalue weighted by Crippen LogP contribution is 2.35. The van der Waals surface area contributed by atoms with Crippen molar-refractivity contribution in [3.8, 4) is 11.5 Å². The van der Waals surface area contributed by atoms with Crippen molar-refractivity contribution in [1.29, 1.82) is 0 Å². The van der Waals surface area contributed by atoms with E-state index in [0.717, 1.165) is 0 Å². The lowest BCUT2D eigenvalue weighted by Crippen LogP contribution is -2.22. The maximum atomic E-state index is 12.4. The van der Waals surface area contributed by atoms with E-state index >= 15 is 0 Å². The van der Waals surface area contributed by atoms with Crippen molar-refractivity contribution < 1.29 is 28.3 Å². The largest absolute Gasteiger partial charge is 0.495 e. The molecule has 0 aliphatic rings. The van der Waals surface area contributed by atoms with Crippen molar-refractivity contribution in [3.63, 3.8) is 0 Å². The second-order valence-corrected chi connectivity index (χ2v) is 6.41. The number of thiazole rings is 1. The number of carbonyl (C=O) groups is 2. The molecule has 0 fully saturated rings. The molecule has 1 amide bonds. The van der Waals surface area contributed by atoms with Crippen LogP contribution in [0.15, 0.2) is 27.7 Å². The number of hydrogen-bond acceptors (Lipinski definition) is 8. The Morgan fingerprint density at radius 1 is 1.22 bits per heavy atom. The number of amides is 1. The molecular formula is C17H17N3O6S. The summed E-state index contributed by atoms with van der Waals surface area (Å²) in [4.78, 5) is 28.8. The lowest BCUT2D eigenvalue weighted by Gasteiger charge is -2.09. The summed E-state index contributed by atoms with van der Waals surface area (Å²) in [7, 11) is 4.34. The Kier molecular flexibility index (Phi) is 5.26. The fourth-order valence-electron chi connectivity index (χ4n) is 2.49. The lowest BCUT2D eigenvalue weighted by molar-refractivity contribution is -0.141. The first-order chi connectivity index (χ1) is 13.0. The van der Waals surface area contributed by atoms with Crippen molar-refractivity contribution in [2.75, 3.05) is 21.3 Å². The highest BCUT2D eigenvalue weighted by Gasteiger charge is 2.19. The van der Waals surface area contributed by atoms with Crippen LogP contribution in [0.3, 0.4) is 0 Å². The molecule has 142 valence electrons. The predicted octanol–water partition coefficient (Wildman–Crippen LogP) is 1.93. The van der Waals surface area contributed by atoms with Crippen molar-refractivity contribution in [2.24, 2.45) is 4.99 Å². The summed E-state index contributed by atoms with van der Waals surface area (Å²) in [6, 6.07) is 4.95. The number of rotatable bonds is 5. The average Bonchev–Trinajstić information content (AvgIpc) is 3.25. The van der Waals surface area contributed by atoms with E-state index in [1.165, 1.54) is 38.7 Å². The summed E-state index contributed by atoms with van der Waals surface area (Å²) in [5.41, 5.74) is 0.656. The molecule has 2 heterocycles. The molecule has 0 spiro atoms. The third kappa shape index (κ3) is 3.56. The Hall–Kier alpha value is -3.14. The van der Waals surface area contributed by atoms with Crippen LogP contribution in [0, 0.1) is 6.92 Å². The predicted molar refractivity (Wildman–Crippen MR) is 96.1 cm³/mol. The van der Waals surface area contributed by atoms with Crippen molar-refractivity contribution >= 4 is 33.4 Å². The van der Waals surface area contributed by atoms with E-state index in [-0.39, 0.29) is 17.0 Å². The SMILES string of the molecule is COC(=O)Cn1c(=NC(=O)c2cc(C)on2)sc2c(OC)ccc(OC)c21. The maximum Gasteiger partial charge on any atom is 0.325 e. The molecule has 3 rings (SSSR count). The van der Waals surface area contributed by atoms with Crippen LogP contribution in [0.2, 0.25) is 0 Å². The summed E-state index contributed by atoms with van der Waals surface area (Å²) in [6.45, 7) is 1.53. The van der Waals surface area contributed by atoms with E-state index in [9.17, 15) is 9.59 Å². The molecule has 0 bridgehead atoms. The van der Waals surface area contributed by atoms with Crippen LogP contribution in [-0.4, -0.2) is 42.9 Å². The molecule has 3 aromatic rings. The Balaban J connectivity index is 2.27. The third-order valence-electron chi connectivity index (χ3n) is 3.75. The van der Waals surface area contributed by atoms with Crippen LogP contribution >= 0.6 is 11.3 Å². The number of benzene rings is 1. The summed E-state index contributed by atoms with van der Waals surface area (Å²) in [6.07, 6.45) is 0. The Morgan fingerprint density at radius 2 is 1.93 bits per heavy atom. The highest BCUT2D eigenvalue weighted by molar-refractivity contribution is 7.16. The molecule has 10 heteroatoms. The molecular weight excluding hydrogens is 374 g/mol. The van der Waals surface area contributed by atoms with Gasteiger partial charge in [0.1, 0.15) is 34.0 Å². The zero-order chi connectivity index (χ0) is 19.6. The second kappa shape index (κ2) is 7.62. The zero-order valence-corrected chi connectivity index (χ0v) is 16.0. The van der Waals surface area contributed by atoms with Gasteiger partial charge >= 0.3 is 11.9 Å². The van der Waals surface area contributed by atoms with Gasteiger partial charge < -0.3 is 23.3 Å². The van der Waals surface area contributed by atoms with Gasteiger partial charge in [-0.3, -0.25) is 9.59 Å². The first-order valence-electron chi connectivity index (χ1n) is 7.82. The van der Waals surface area contributed by atoms with Gasteiger partial charge in [-0.2, -0.15) is 4.99 Å². The molecule has 27 heavy (non-hydrogen) atoms. The van der Waals surface area contributed by atoms with Gasteiger partial charge in [0.2, 0.25) is 0 Å². The Morgan fingerprint density at radius 3 is 2.52 bits per heavy atom. The number of hydrogen-bond donors (Lipinski definition) is 0. The Labute approximate surface area is 157 Å². The normalized spacial score (nSPS) is 11.6. The maximum absolute atomic E-state index is 12.4. The summed E-state index contributed by atoms with van der Waals surface area (Å²) in [5.74, 6) is 0.495. The zero-order valence-electron chi connectivity index (χ0n) is 15.1. The molecule has 0 saturated carbocycles. The van der Waals surface area contributed by atoms with Crippen molar-refractivity contribution in [3.05, 3.63) is 34.5 Å². The lowest BCUT2D eigenvalue weighted by atomic mass is 10.3. The second-order valence-electron chi connectivity index (χ2n) is 5.43. The fourth-order valence-corrected chi connectivity index (χ4v) is 3.63. The number of aromatic nitrogens is 2. The average molecular weight is 391 g/mol. The molecule has 0 unspecified atom stereocenters. The van der Waals surface area contributed by atoms with E-state index in [0.29, 0.717) is 27.5 Å². The minimum atomic E-state index is -0.588. The smallest absolute Gasteiger partial charge is 0.325 e. The fraction of sp³-hybridized carbons (Fsp3) is 0.294. The van der Waals surface area contributed by atoms with E-state index in [1.54, 1.807) is 23.6 Å². The van der Waals surface area contributed by atoms with Crippen LogP contribution < -0.4 is 14.3 Å². The quantitative estimate of drug-likeness (QED) is 0.612. The topological polar surface area (TPSA) is 105 Å². The molecule has 0 aliphatic carbocycles. The molecule has 0 aliphatic heterocycles. The summed E-state index contributed by atoms with van der Waals surface area (Å²) >= 11 is 1.19. The van der Waals surface area contributed by atoms with E-state index < -0.39 is 11.9 Å². The number of esters is 1. The first-order valence-corrected chi connectivity index (χ1v) is 8.63. The number of ether oxygens (including phenoxy) is 3. The van der Waals surface area contributed by atoms with Crippen LogP contribution in [-0.2, 0) is 16.1 Å². The van der Waals surface area contributed by atoms with Gasteiger partial charge in [-0.05, 0) is 19.1 Å². The van der Waals surface area contributed by atoms with Crippen LogP contribution in [0.1, 0.15) is 16.2 Å².